The molecule has 0 radical (unpaired) electrons. The first kappa shape index (κ1) is 16.5. The summed E-state index contributed by atoms with van der Waals surface area (Å²) in [7, 11) is 0. The van der Waals surface area contributed by atoms with Crippen LogP contribution in [0.25, 0.3) is 0 Å². The van der Waals surface area contributed by atoms with Crippen molar-refractivity contribution in [2.24, 2.45) is 0 Å². The number of Topliss-reactive ketones (excluding diaryl/α,β-unsaturated/α-hetero) is 1. The van der Waals surface area contributed by atoms with Crippen LogP contribution in [0.5, 0.6) is 11.5 Å². The van der Waals surface area contributed by atoms with Crippen LogP contribution in [0.2, 0.25) is 0 Å². The number of para-hydroxylation sites is 2. The summed E-state index contributed by atoms with van der Waals surface area (Å²) >= 11 is 1.46. The Labute approximate surface area is 144 Å². The molecule has 1 aromatic heterocycles. The van der Waals surface area contributed by atoms with Crippen LogP contribution in [-0.2, 0) is 4.79 Å². The van der Waals surface area contributed by atoms with E-state index < -0.39 is 0 Å². The molecule has 0 saturated heterocycles. The van der Waals surface area contributed by atoms with Gasteiger partial charge in [0, 0.05) is 17.7 Å². The Morgan fingerprint density at radius 2 is 1.96 bits per heavy atom. The van der Waals surface area contributed by atoms with Gasteiger partial charge in [-0.3, -0.25) is 9.59 Å². The molecule has 0 aliphatic carbocycles. The maximum atomic E-state index is 12.0. The lowest BCUT2D eigenvalue weighted by molar-refractivity contribution is -0.121. The molecule has 1 amide bonds. The molecular weight excluding hydrogens is 326 g/mol. The molecule has 6 heteroatoms. The molecule has 0 saturated carbocycles. The number of ketones is 1. The fourth-order valence-electron chi connectivity index (χ4n) is 2.41. The lowest BCUT2D eigenvalue weighted by Crippen LogP contribution is -2.40. The van der Waals surface area contributed by atoms with E-state index in [1.807, 2.05) is 43.3 Å². The summed E-state index contributed by atoms with van der Waals surface area (Å²) in [4.78, 5) is 25.7. The van der Waals surface area contributed by atoms with Crippen LogP contribution in [0.3, 0.4) is 0 Å². The van der Waals surface area contributed by atoms with E-state index in [1.165, 1.54) is 11.3 Å². The molecule has 0 bridgehead atoms. The van der Waals surface area contributed by atoms with Crippen LogP contribution in [0.15, 0.2) is 36.4 Å². The lowest BCUT2D eigenvalue weighted by Gasteiger charge is -2.26. The lowest BCUT2D eigenvalue weighted by atomic mass is 10.2. The predicted molar refractivity (Wildman–Crippen MR) is 92.0 cm³/mol. The van der Waals surface area contributed by atoms with Gasteiger partial charge < -0.3 is 14.8 Å². The topological polar surface area (TPSA) is 64.6 Å². The number of aryl methyl sites for hydroxylation is 1. The van der Waals surface area contributed by atoms with E-state index in [-0.39, 0.29) is 30.6 Å². The van der Waals surface area contributed by atoms with Gasteiger partial charge in [-0.15, -0.1) is 11.3 Å². The van der Waals surface area contributed by atoms with Crippen LogP contribution in [0.1, 0.15) is 27.4 Å². The van der Waals surface area contributed by atoms with Crippen LogP contribution in [-0.4, -0.2) is 30.9 Å². The van der Waals surface area contributed by atoms with E-state index in [4.69, 9.17) is 9.47 Å². The Hall–Kier alpha value is -2.34. The third-order valence-corrected chi connectivity index (χ3v) is 4.73. The van der Waals surface area contributed by atoms with Crippen molar-refractivity contribution in [1.82, 2.24) is 5.32 Å². The van der Waals surface area contributed by atoms with Gasteiger partial charge in [-0.25, -0.2) is 0 Å². The van der Waals surface area contributed by atoms with Gasteiger partial charge >= 0.3 is 0 Å². The van der Waals surface area contributed by atoms with Crippen molar-refractivity contribution in [3.63, 3.8) is 0 Å². The number of carbonyl (C=O) groups is 2. The van der Waals surface area contributed by atoms with E-state index in [0.29, 0.717) is 23.8 Å². The van der Waals surface area contributed by atoms with E-state index in [9.17, 15) is 9.59 Å². The number of hydrogen-bond donors (Lipinski definition) is 1. The molecule has 1 aromatic carbocycles. The van der Waals surface area contributed by atoms with Crippen molar-refractivity contribution in [2.45, 2.75) is 25.9 Å². The van der Waals surface area contributed by atoms with Crippen molar-refractivity contribution in [1.29, 1.82) is 0 Å². The highest BCUT2D eigenvalue weighted by Gasteiger charge is 2.21. The Bertz CT molecular complexity index is 740. The third-order valence-electron chi connectivity index (χ3n) is 3.69. The van der Waals surface area contributed by atoms with E-state index in [1.54, 1.807) is 0 Å². The van der Waals surface area contributed by atoms with E-state index in [2.05, 4.69) is 5.32 Å². The smallest absolute Gasteiger partial charge is 0.220 e. The van der Waals surface area contributed by atoms with Gasteiger partial charge in [0.05, 0.1) is 11.4 Å². The third kappa shape index (κ3) is 4.14. The summed E-state index contributed by atoms with van der Waals surface area (Å²) in [5, 5.41) is 2.80. The summed E-state index contributed by atoms with van der Waals surface area (Å²) in [5.74, 6) is 1.26. The second-order valence-corrected chi connectivity index (χ2v) is 6.92. The number of hydrogen-bond acceptors (Lipinski definition) is 5. The van der Waals surface area contributed by atoms with Crippen LogP contribution in [0.4, 0.5) is 0 Å². The number of thiophene rings is 1. The average Bonchev–Trinajstić information content (AvgIpc) is 3.04. The summed E-state index contributed by atoms with van der Waals surface area (Å²) in [6.45, 7) is 2.71. The molecule has 24 heavy (non-hydrogen) atoms. The van der Waals surface area contributed by atoms with Gasteiger partial charge in [0.1, 0.15) is 12.7 Å². The van der Waals surface area contributed by atoms with Crippen molar-refractivity contribution in [3.05, 3.63) is 46.2 Å². The minimum absolute atomic E-state index is 0.00873. The molecule has 0 spiro atoms. The molecule has 1 N–H and O–H groups in total. The SMILES string of the molecule is Cc1ccc(C(=O)CCC(=O)NCC2COc3ccccc3O2)s1. The van der Waals surface area contributed by atoms with Crippen LogP contribution >= 0.6 is 11.3 Å². The van der Waals surface area contributed by atoms with Crippen molar-refractivity contribution >= 4 is 23.0 Å². The van der Waals surface area contributed by atoms with Gasteiger partial charge in [-0.1, -0.05) is 12.1 Å². The summed E-state index contributed by atoms with van der Waals surface area (Å²) in [6, 6.07) is 11.2. The standard InChI is InChI=1S/C18H19NO4S/c1-12-6-8-17(24-12)14(20)7-9-18(21)19-10-13-11-22-15-4-2-3-5-16(15)23-13/h2-6,8,13H,7,9-11H2,1H3,(H,19,21). The molecule has 5 nitrogen and oxygen atoms in total. The summed E-state index contributed by atoms with van der Waals surface area (Å²) in [5.41, 5.74) is 0. The van der Waals surface area contributed by atoms with Crippen LogP contribution in [0, 0.1) is 6.92 Å². The number of fused-ring (bicyclic) bond motifs is 1. The zero-order valence-corrected chi connectivity index (χ0v) is 14.2. The van der Waals surface area contributed by atoms with Gasteiger partial charge in [0.25, 0.3) is 0 Å². The van der Waals surface area contributed by atoms with E-state index in [0.717, 1.165) is 10.6 Å². The Kier molecular flexibility index (Phi) is 5.15. The highest BCUT2D eigenvalue weighted by atomic mass is 32.1. The zero-order chi connectivity index (χ0) is 16.9. The second kappa shape index (κ2) is 7.49. The average molecular weight is 345 g/mol. The van der Waals surface area contributed by atoms with Gasteiger partial charge in [0.15, 0.2) is 17.3 Å². The van der Waals surface area contributed by atoms with Crippen molar-refractivity contribution in [2.75, 3.05) is 13.2 Å². The molecule has 1 atom stereocenters. The van der Waals surface area contributed by atoms with Gasteiger partial charge in [-0.2, -0.15) is 0 Å². The van der Waals surface area contributed by atoms with Crippen LogP contribution < -0.4 is 14.8 Å². The minimum atomic E-state index is -0.223. The molecule has 1 unspecified atom stereocenters. The molecule has 2 heterocycles. The zero-order valence-electron chi connectivity index (χ0n) is 13.4. The van der Waals surface area contributed by atoms with Crippen molar-refractivity contribution in [3.8, 4) is 11.5 Å². The number of ether oxygens (including phenoxy) is 2. The summed E-state index contributed by atoms with van der Waals surface area (Å²) < 4.78 is 11.4. The Morgan fingerprint density at radius 1 is 1.17 bits per heavy atom. The molecule has 2 aromatic rings. The van der Waals surface area contributed by atoms with Crippen molar-refractivity contribution < 1.29 is 19.1 Å². The number of rotatable bonds is 6. The Morgan fingerprint density at radius 3 is 2.71 bits per heavy atom. The predicted octanol–water partition coefficient (Wildman–Crippen LogP) is 2.98. The maximum absolute atomic E-state index is 12.0. The highest BCUT2D eigenvalue weighted by Crippen LogP contribution is 2.30. The monoisotopic (exact) mass is 345 g/mol. The molecule has 1 aliphatic rings. The van der Waals surface area contributed by atoms with Gasteiger partial charge in [-0.05, 0) is 31.2 Å². The quantitative estimate of drug-likeness (QED) is 0.818. The first-order valence-electron chi connectivity index (χ1n) is 7.86. The largest absolute Gasteiger partial charge is 0.486 e. The molecule has 126 valence electrons. The fraction of sp³-hybridized carbons (Fsp3) is 0.333. The first-order chi connectivity index (χ1) is 11.6. The number of amides is 1. The normalized spacial score (nSPS) is 15.8. The molecule has 1 aliphatic heterocycles. The molecule has 0 fully saturated rings. The highest BCUT2D eigenvalue weighted by molar-refractivity contribution is 7.14. The first-order valence-corrected chi connectivity index (χ1v) is 8.68. The van der Waals surface area contributed by atoms with E-state index >= 15 is 0 Å². The summed E-state index contributed by atoms with van der Waals surface area (Å²) in [6.07, 6.45) is 0.177. The maximum Gasteiger partial charge on any atom is 0.220 e. The molecule has 3 rings (SSSR count). The Balaban J connectivity index is 1.41. The fourth-order valence-corrected chi connectivity index (χ4v) is 3.25. The van der Waals surface area contributed by atoms with Gasteiger partial charge in [0.2, 0.25) is 5.91 Å². The number of carbonyl (C=O) groups excluding carboxylic acids is 2. The molecular formula is C18H19NO4S. The number of benzene rings is 1. The second-order valence-electron chi connectivity index (χ2n) is 5.64. The minimum Gasteiger partial charge on any atom is -0.486 e. The number of nitrogens with one attached hydrogen (secondary N) is 1.